The SMILES string of the molecule is C=CSc1ccc2sc(/C=C/C=C3C=C(/C=C4\Sc5ccc(-c6ccccc6)cc5N4C)CC(C)(C)C/3)[n+](CC)c2c1. The summed E-state index contributed by atoms with van der Waals surface area (Å²) in [5.41, 5.74) is 8.10. The van der Waals surface area contributed by atoms with Gasteiger partial charge in [-0.15, -0.1) is 0 Å². The van der Waals surface area contributed by atoms with Crippen molar-refractivity contribution in [2.24, 2.45) is 5.41 Å². The highest BCUT2D eigenvalue weighted by atomic mass is 32.2. The largest absolute Gasteiger partial charge is 0.338 e. The maximum absolute atomic E-state index is 3.87. The molecule has 42 heavy (non-hydrogen) atoms. The third-order valence-electron chi connectivity index (χ3n) is 7.80. The fourth-order valence-corrected chi connectivity index (χ4v) is 8.67. The molecule has 0 bridgehead atoms. The number of aromatic nitrogens is 1. The number of aryl methyl sites for hydroxylation is 1. The van der Waals surface area contributed by atoms with Crippen molar-refractivity contribution in [1.82, 2.24) is 0 Å². The van der Waals surface area contributed by atoms with Crippen LogP contribution in [0, 0.1) is 5.41 Å². The van der Waals surface area contributed by atoms with Crippen LogP contribution in [-0.4, -0.2) is 7.05 Å². The van der Waals surface area contributed by atoms with E-state index >= 15 is 0 Å². The number of nitrogens with zero attached hydrogens (tertiary/aromatic N) is 2. The van der Waals surface area contributed by atoms with Crippen molar-refractivity contribution in [3.05, 3.63) is 124 Å². The van der Waals surface area contributed by atoms with Gasteiger partial charge in [0.15, 0.2) is 0 Å². The van der Waals surface area contributed by atoms with E-state index < -0.39 is 0 Å². The van der Waals surface area contributed by atoms with Crippen LogP contribution in [0.15, 0.2) is 129 Å². The van der Waals surface area contributed by atoms with Crippen LogP contribution in [-0.2, 0) is 6.54 Å². The summed E-state index contributed by atoms with van der Waals surface area (Å²) >= 11 is 5.40. The summed E-state index contributed by atoms with van der Waals surface area (Å²) in [7, 11) is 2.19. The van der Waals surface area contributed by atoms with Crippen molar-refractivity contribution >= 4 is 56.8 Å². The molecule has 1 aromatic heterocycles. The molecule has 0 N–H and O–H groups in total. The van der Waals surface area contributed by atoms with Crippen LogP contribution in [0.3, 0.4) is 0 Å². The molecule has 5 heteroatoms. The summed E-state index contributed by atoms with van der Waals surface area (Å²) in [5, 5.41) is 4.46. The van der Waals surface area contributed by atoms with Gasteiger partial charge >= 0.3 is 0 Å². The average molecular weight is 606 g/mol. The van der Waals surface area contributed by atoms with Crippen LogP contribution in [0.4, 0.5) is 5.69 Å². The molecule has 2 heterocycles. The first-order valence-corrected chi connectivity index (χ1v) is 17.0. The van der Waals surface area contributed by atoms with Gasteiger partial charge in [-0.05, 0) is 83.2 Å². The van der Waals surface area contributed by atoms with Gasteiger partial charge < -0.3 is 4.90 Å². The van der Waals surface area contributed by atoms with E-state index in [1.54, 1.807) is 11.8 Å². The summed E-state index contributed by atoms with van der Waals surface area (Å²) in [6, 6.07) is 24.2. The van der Waals surface area contributed by atoms with E-state index in [0.29, 0.717) is 0 Å². The molecule has 0 fully saturated rings. The zero-order valence-corrected chi connectivity index (χ0v) is 27.2. The summed E-state index contributed by atoms with van der Waals surface area (Å²) in [6.07, 6.45) is 13.8. The van der Waals surface area contributed by atoms with E-state index in [-0.39, 0.29) is 5.41 Å². The zero-order valence-electron chi connectivity index (χ0n) is 24.8. The lowest BCUT2D eigenvalue weighted by atomic mass is 9.75. The van der Waals surface area contributed by atoms with Crippen LogP contribution < -0.4 is 9.47 Å². The van der Waals surface area contributed by atoms with Gasteiger partial charge in [0.25, 0.3) is 5.01 Å². The molecule has 0 saturated heterocycles. The van der Waals surface area contributed by atoms with Gasteiger partial charge in [0.2, 0.25) is 5.52 Å². The van der Waals surface area contributed by atoms with Crippen LogP contribution in [0.1, 0.15) is 38.6 Å². The van der Waals surface area contributed by atoms with Crippen LogP contribution >= 0.6 is 34.9 Å². The minimum Gasteiger partial charge on any atom is -0.338 e. The predicted octanol–water partition coefficient (Wildman–Crippen LogP) is 10.9. The normalized spacial score (nSPS) is 18.3. The number of allylic oxidation sites excluding steroid dienone is 6. The smallest absolute Gasteiger partial charge is 0.262 e. The standard InChI is InChI=1S/C37H37N2S3/c1-6-39-32-23-30(40-7-2)17-19-34(32)41-35(39)15-11-12-26-20-27(25-37(3,4)24-26)21-36-38(5)31-22-29(16-18-33(31)42-36)28-13-9-8-10-14-28/h7-23H,2,6,24-25H2,1,3-5H3/q+1. The van der Waals surface area contributed by atoms with Gasteiger partial charge in [0, 0.05) is 29.0 Å². The van der Waals surface area contributed by atoms with Gasteiger partial charge in [-0.25, -0.2) is 0 Å². The lowest BCUT2D eigenvalue weighted by Crippen LogP contribution is -2.33. The van der Waals surface area contributed by atoms with Crippen molar-refractivity contribution in [3.63, 3.8) is 0 Å². The van der Waals surface area contributed by atoms with Gasteiger partial charge in [-0.1, -0.05) is 110 Å². The first-order chi connectivity index (χ1) is 20.3. The first kappa shape index (κ1) is 28.9. The minimum absolute atomic E-state index is 0.218. The number of rotatable bonds is 7. The van der Waals surface area contributed by atoms with Crippen LogP contribution in [0.2, 0.25) is 0 Å². The maximum atomic E-state index is 3.87. The molecular formula is C37H37N2S3+. The molecule has 0 spiro atoms. The quantitative estimate of drug-likeness (QED) is 0.153. The monoisotopic (exact) mass is 605 g/mol. The van der Waals surface area contributed by atoms with E-state index in [2.05, 4.69) is 141 Å². The molecule has 0 amide bonds. The number of thiazole rings is 1. The van der Waals surface area contributed by atoms with E-state index in [9.17, 15) is 0 Å². The topological polar surface area (TPSA) is 7.12 Å². The van der Waals surface area contributed by atoms with Crippen molar-refractivity contribution < 1.29 is 4.57 Å². The van der Waals surface area contributed by atoms with Crippen LogP contribution in [0.5, 0.6) is 0 Å². The maximum Gasteiger partial charge on any atom is 0.262 e. The molecule has 0 atom stereocenters. The third-order valence-corrected chi connectivity index (χ3v) is 10.8. The summed E-state index contributed by atoms with van der Waals surface area (Å²) in [6.45, 7) is 11.8. The summed E-state index contributed by atoms with van der Waals surface area (Å²) in [5.74, 6) is 0. The number of hydrogen-bond donors (Lipinski definition) is 0. The third kappa shape index (κ3) is 6.10. The second kappa shape index (κ2) is 12.2. The predicted molar refractivity (Wildman–Crippen MR) is 186 cm³/mol. The number of fused-ring (bicyclic) bond motifs is 2. The number of thioether (sulfide) groups is 2. The molecule has 2 nitrogen and oxygen atoms in total. The first-order valence-electron chi connectivity index (χ1n) is 14.5. The Balaban J connectivity index is 1.25. The van der Waals surface area contributed by atoms with E-state index in [1.165, 1.54) is 58.0 Å². The van der Waals surface area contributed by atoms with Crippen molar-refractivity contribution in [2.75, 3.05) is 11.9 Å². The second-order valence-corrected chi connectivity index (χ2v) is 14.8. The molecule has 0 unspecified atom stereocenters. The summed E-state index contributed by atoms with van der Waals surface area (Å²) in [4.78, 5) is 4.90. The van der Waals surface area contributed by atoms with Crippen molar-refractivity contribution in [2.45, 2.75) is 49.9 Å². The Morgan fingerprint density at radius 2 is 1.86 bits per heavy atom. The lowest BCUT2D eigenvalue weighted by molar-refractivity contribution is -0.665. The Kier molecular flexibility index (Phi) is 8.35. The Morgan fingerprint density at radius 3 is 2.64 bits per heavy atom. The number of anilines is 1. The molecule has 0 saturated carbocycles. The molecule has 2 aliphatic rings. The molecule has 212 valence electrons. The van der Waals surface area contributed by atoms with Crippen LogP contribution in [0.25, 0.3) is 27.4 Å². The Morgan fingerprint density at radius 1 is 1.02 bits per heavy atom. The van der Waals surface area contributed by atoms with E-state index in [4.69, 9.17) is 0 Å². The Bertz CT molecular complexity index is 1770. The molecule has 1 aliphatic heterocycles. The van der Waals surface area contributed by atoms with Gasteiger partial charge in [0.1, 0.15) is 11.2 Å². The number of hydrogen-bond acceptors (Lipinski definition) is 4. The fourth-order valence-electron chi connectivity index (χ4n) is 5.92. The molecule has 6 rings (SSSR count). The van der Waals surface area contributed by atoms with Gasteiger partial charge in [-0.3, -0.25) is 0 Å². The molecule has 1 aliphatic carbocycles. The van der Waals surface area contributed by atoms with E-state index in [1.807, 2.05) is 28.5 Å². The van der Waals surface area contributed by atoms with Gasteiger partial charge in [0.05, 0.1) is 10.7 Å². The highest BCUT2D eigenvalue weighted by molar-refractivity contribution is 8.03. The highest BCUT2D eigenvalue weighted by Gasteiger charge is 2.27. The van der Waals surface area contributed by atoms with Crippen molar-refractivity contribution in [1.29, 1.82) is 0 Å². The number of benzene rings is 3. The molecular weight excluding hydrogens is 569 g/mol. The molecule has 3 aromatic carbocycles. The summed E-state index contributed by atoms with van der Waals surface area (Å²) < 4.78 is 3.73. The average Bonchev–Trinajstić information content (AvgIpc) is 3.48. The highest BCUT2D eigenvalue weighted by Crippen LogP contribution is 2.48. The van der Waals surface area contributed by atoms with E-state index in [0.717, 1.165) is 19.4 Å². The Labute approximate surface area is 262 Å². The lowest BCUT2D eigenvalue weighted by Gasteiger charge is -2.30. The molecule has 0 radical (unpaired) electrons. The Hall–Kier alpha value is -3.25. The molecule has 4 aromatic rings. The zero-order chi connectivity index (χ0) is 29.3. The fraction of sp³-hybridized carbons (Fsp3) is 0.216. The van der Waals surface area contributed by atoms with Gasteiger partial charge in [-0.2, -0.15) is 4.57 Å². The van der Waals surface area contributed by atoms with Crippen molar-refractivity contribution in [3.8, 4) is 11.1 Å². The second-order valence-electron chi connectivity index (χ2n) is 11.6. The minimum atomic E-state index is 0.218.